The van der Waals surface area contributed by atoms with Gasteiger partial charge in [0.05, 0.1) is 20.1 Å². The van der Waals surface area contributed by atoms with Crippen molar-refractivity contribution in [3.63, 3.8) is 0 Å². The van der Waals surface area contributed by atoms with Crippen molar-refractivity contribution in [2.24, 2.45) is 0 Å². The molecule has 14 heavy (non-hydrogen) atoms. The number of likely N-dealkylation sites (N-methyl/N-ethyl adjacent to an activating group) is 1. The molecule has 2 bridgehead atoms. The number of nitrogens with zero attached hydrogens (tertiary/aromatic N) is 1. The van der Waals surface area contributed by atoms with Crippen molar-refractivity contribution >= 4 is 5.78 Å². The molecule has 2 rings (SSSR count). The summed E-state index contributed by atoms with van der Waals surface area (Å²) in [5.41, 5.74) is 1.09. The number of carbonyl (C=O) groups excluding carboxylic acids is 1. The Hall–Kier alpha value is -0.630. The lowest BCUT2D eigenvalue weighted by molar-refractivity contribution is -0.919. The number of hydrogen-bond donors (Lipinski definition) is 0. The van der Waals surface area contributed by atoms with Crippen LogP contribution in [-0.2, 0) is 4.79 Å². The van der Waals surface area contributed by atoms with Crippen LogP contribution in [0.5, 0.6) is 0 Å². The summed E-state index contributed by atoms with van der Waals surface area (Å²) in [6, 6.07) is 1.24. The van der Waals surface area contributed by atoms with E-state index >= 15 is 0 Å². The molecule has 0 amide bonds. The predicted molar refractivity (Wildman–Crippen MR) is 56.9 cm³/mol. The number of carbonyl (C=O) groups is 1. The summed E-state index contributed by atoms with van der Waals surface area (Å²) in [5, 5.41) is 0. The van der Waals surface area contributed by atoms with E-state index in [4.69, 9.17) is 0 Å². The molecule has 0 aliphatic carbocycles. The normalized spacial score (nSPS) is 34.9. The molecule has 0 spiro atoms. The van der Waals surface area contributed by atoms with Crippen molar-refractivity contribution in [2.45, 2.75) is 44.7 Å². The maximum absolute atomic E-state index is 11.5. The number of rotatable bonds is 1. The first kappa shape index (κ1) is 9.91. The van der Waals surface area contributed by atoms with Gasteiger partial charge in [0.15, 0.2) is 5.78 Å². The number of Topliss-reactive ketones (excluding diaryl/α,β-unsaturated/α-hetero) is 1. The second kappa shape index (κ2) is 3.20. The molecule has 0 radical (unpaired) electrons. The van der Waals surface area contributed by atoms with Crippen molar-refractivity contribution in [1.82, 2.24) is 0 Å². The second-order valence-corrected chi connectivity index (χ2v) is 5.17. The van der Waals surface area contributed by atoms with Gasteiger partial charge in [-0.15, -0.1) is 0 Å². The van der Waals surface area contributed by atoms with Gasteiger partial charge in [0.25, 0.3) is 0 Å². The van der Waals surface area contributed by atoms with Crippen molar-refractivity contribution in [2.75, 3.05) is 14.1 Å². The summed E-state index contributed by atoms with van der Waals surface area (Å²) >= 11 is 0. The highest BCUT2D eigenvalue weighted by molar-refractivity contribution is 5.94. The molecule has 0 aromatic carbocycles. The Bertz CT molecular complexity index is 291. The van der Waals surface area contributed by atoms with E-state index in [1.165, 1.54) is 19.3 Å². The van der Waals surface area contributed by atoms with Gasteiger partial charge in [-0.1, -0.05) is 6.08 Å². The lowest BCUT2D eigenvalue weighted by Crippen LogP contribution is -2.50. The monoisotopic (exact) mass is 194 g/mol. The lowest BCUT2D eigenvalue weighted by atomic mass is 9.97. The third-order valence-corrected chi connectivity index (χ3v) is 4.15. The van der Waals surface area contributed by atoms with Crippen LogP contribution in [-0.4, -0.2) is 36.4 Å². The van der Waals surface area contributed by atoms with Crippen molar-refractivity contribution in [3.05, 3.63) is 11.6 Å². The smallest absolute Gasteiger partial charge is 0.161 e. The SMILES string of the molecule is CC(=O)C1=CCCC2CC[C@H]1[N+]2(C)C. The molecule has 1 fully saturated rings. The number of fused-ring (bicyclic) bond motifs is 2. The van der Waals surface area contributed by atoms with Crippen molar-refractivity contribution in [1.29, 1.82) is 0 Å². The molecular weight excluding hydrogens is 174 g/mol. The van der Waals surface area contributed by atoms with Gasteiger partial charge in [-0.2, -0.15) is 0 Å². The van der Waals surface area contributed by atoms with Gasteiger partial charge < -0.3 is 4.48 Å². The molecule has 0 saturated carbocycles. The van der Waals surface area contributed by atoms with Gasteiger partial charge in [-0.05, 0) is 13.3 Å². The minimum Gasteiger partial charge on any atom is -0.320 e. The van der Waals surface area contributed by atoms with Crippen LogP contribution in [0.2, 0.25) is 0 Å². The summed E-state index contributed by atoms with van der Waals surface area (Å²) in [4.78, 5) is 11.5. The fraction of sp³-hybridized carbons (Fsp3) is 0.750. The Labute approximate surface area is 86.2 Å². The van der Waals surface area contributed by atoms with E-state index in [0.29, 0.717) is 6.04 Å². The third kappa shape index (κ3) is 1.33. The van der Waals surface area contributed by atoms with Crippen molar-refractivity contribution in [3.8, 4) is 0 Å². The van der Waals surface area contributed by atoms with Gasteiger partial charge >= 0.3 is 0 Å². The maximum atomic E-state index is 11.5. The van der Waals surface area contributed by atoms with Crippen LogP contribution in [0.3, 0.4) is 0 Å². The standard InChI is InChI=1S/C12H20NO/c1-9(14)11-6-4-5-10-7-8-12(11)13(10,2)3/h6,10,12H,4-5,7-8H2,1-3H3/q+1/t10?,12-/m1/s1. The largest absolute Gasteiger partial charge is 0.320 e. The van der Waals surface area contributed by atoms with E-state index in [9.17, 15) is 4.79 Å². The Balaban J connectivity index is 2.36. The van der Waals surface area contributed by atoms with E-state index in [1.54, 1.807) is 6.92 Å². The Morgan fingerprint density at radius 1 is 1.36 bits per heavy atom. The molecule has 0 aromatic heterocycles. The average Bonchev–Trinajstić information content (AvgIpc) is 2.20. The molecular formula is C12H20NO+. The van der Waals surface area contributed by atoms with Crippen LogP contribution in [0.25, 0.3) is 0 Å². The van der Waals surface area contributed by atoms with E-state index in [0.717, 1.165) is 22.5 Å². The molecule has 2 aliphatic rings. The average molecular weight is 194 g/mol. The van der Waals surface area contributed by atoms with Crippen molar-refractivity contribution < 1.29 is 9.28 Å². The lowest BCUT2D eigenvalue weighted by Gasteiger charge is -2.36. The van der Waals surface area contributed by atoms with Gasteiger partial charge in [-0.3, -0.25) is 4.79 Å². The predicted octanol–water partition coefficient (Wildman–Crippen LogP) is 1.90. The van der Waals surface area contributed by atoms with Crippen LogP contribution in [0.4, 0.5) is 0 Å². The summed E-state index contributed by atoms with van der Waals surface area (Å²) < 4.78 is 1.03. The zero-order chi connectivity index (χ0) is 10.3. The molecule has 0 N–H and O–H groups in total. The Morgan fingerprint density at radius 3 is 2.71 bits per heavy atom. The first-order chi connectivity index (χ1) is 6.53. The first-order valence-electron chi connectivity index (χ1n) is 5.58. The summed E-state index contributed by atoms with van der Waals surface area (Å²) in [5.74, 6) is 0.281. The van der Waals surface area contributed by atoms with E-state index in [2.05, 4.69) is 20.2 Å². The highest BCUT2D eigenvalue weighted by atomic mass is 16.1. The summed E-state index contributed by atoms with van der Waals surface area (Å²) in [6.07, 6.45) is 7.02. The van der Waals surface area contributed by atoms with E-state index < -0.39 is 0 Å². The zero-order valence-corrected chi connectivity index (χ0v) is 9.42. The molecule has 2 aliphatic heterocycles. The van der Waals surface area contributed by atoms with Crippen LogP contribution in [0.1, 0.15) is 32.6 Å². The van der Waals surface area contributed by atoms with Gasteiger partial charge in [0.2, 0.25) is 0 Å². The molecule has 1 unspecified atom stereocenters. The summed E-state index contributed by atoms with van der Waals surface area (Å²) in [6.45, 7) is 1.71. The molecule has 2 atom stereocenters. The molecule has 78 valence electrons. The minimum absolute atomic E-state index is 0.281. The van der Waals surface area contributed by atoms with E-state index in [1.807, 2.05) is 0 Å². The number of hydrogen-bond acceptors (Lipinski definition) is 1. The van der Waals surface area contributed by atoms with Crippen LogP contribution in [0, 0.1) is 0 Å². The highest BCUT2D eigenvalue weighted by Gasteiger charge is 2.46. The first-order valence-corrected chi connectivity index (χ1v) is 5.58. The number of allylic oxidation sites excluding steroid dienone is 1. The molecule has 0 aromatic rings. The summed E-state index contributed by atoms with van der Waals surface area (Å²) in [7, 11) is 4.56. The molecule has 2 heterocycles. The van der Waals surface area contributed by atoms with E-state index in [-0.39, 0.29) is 5.78 Å². The van der Waals surface area contributed by atoms with Gasteiger partial charge in [0, 0.05) is 24.8 Å². The molecule has 2 nitrogen and oxygen atoms in total. The Kier molecular flexibility index (Phi) is 2.26. The third-order valence-electron chi connectivity index (χ3n) is 4.15. The molecule has 2 heteroatoms. The highest BCUT2D eigenvalue weighted by Crippen LogP contribution is 2.38. The van der Waals surface area contributed by atoms with Crippen LogP contribution >= 0.6 is 0 Å². The number of quaternary nitrogens is 1. The van der Waals surface area contributed by atoms with Crippen LogP contribution in [0.15, 0.2) is 11.6 Å². The fourth-order valence-electron chi connectivity index (χ4n) is 3.21. The van der Waals surface area contributed by atoms with Crippen LogP contribution < -0.4 is 0 Å². The fourth-order valence-corrected chi connectivity index (χ4v) is 3.21. The Morgan fingerprint density at radius 2 is 2.07 bits per heavy atom. The second-order valence-electron chi connectivity index (χ2n) is 5.17. The topological polar surface area (TPSA) is 17.1 Å². The minimum atomic E-state index is 0.281. The zero-order valence-electron chi connectivity index (χ0n) is 9.42. The van der Waals surface area contributed by atoms with Gasteiger partial charge in [-0.25, -0.2) is 0 Å². The molecule has 1 saturated heterocycles. The quantitative estimate of drug-likeness (QED) is 0.583. The maximum Gasteiger partial charge on any atom is 0.161 e. The van der Waals surface area contributed by atoms with Gasteiger partial charge in [0.1, 0.15) is 6.04 Å². The number of ketones is 1.